The summed E-state index contributed by atoms with van der Waals surface area (Å²) in [6, 6.07) is 50.5. The molecule has 20 heteroatoms. The van der Waals surface area contributed by atoms with Crippen LogP contribution in [0.4, 0.5) is 0 Å². The number of amides is 2. The lowest BCUT2D eigenvalue weighted by Gasteiger charge is -2.46. The number of carbonyl (C=O) groups excluding carboxylic acids is 2. The van der Waals surface area contributed by atoms with Gasteiger partial charge in [-0.3, -0.25) is 24.3 Å². The van der Waals surface area contributed by atoms with Crippen molar-refractivity contribution in [3.05, 3.63) is 218 Å². The van der Waals surface area contributed by atoms with Gasteiger partial charge in [0.1, 0.15) is 0 Å². The van der Waals surface area contributed by atoms with Crippen LogP contribution in [-0.2, 0) is 32.9 Å². The summed E-state index contributed by atoms with van der Waals surface area (Å²) in [6.45, 7) is 16.4. The largest absolute Gasteiger partial charge is 0.459 e. The maximum absolute atomic E-state index is 12.4. The number of aromatic nitrogens is 2. The molecule has 16 nitrogen and oxygen atoms in total. The maximum atomic E-state index is 12.4. The first kappa shape index (κ1) is 80.8. The predicted octanol–water partition coefficient (Wildman–Crippen LogP) is 14.6. The zero-order chi connectivity index (χ0) is 74.8. The third kappa shape index (κ3) is 20.5. The quantitative estimate of drug-likeness (QED) is 0.0541. The van der Waals surface area contributed by atoms with Crippen molar-refractivity contribution in [2.75, 3.05) is 111 Å². The van der Waals surface area contributed by atoms with Crippen LogP contribution >= 0.6 is 46.4 Å². The van der Waals surface area contributed by atoms with Crippen molar-refractivity contribution in [2.45, 2.75) is 187 Å². The minimum Gasteiger partial charge on any atom is -0.459 e. The standard InChI is InChI=1S/C25H34ClN3.C22H28ClN3O2.C21H29ClN4.C19H28ClN3O/c26-23-8-4-7-22(19-23)25(20-27)12-9-24(10-13-25)29-17-15-28(16-18-29)14-11-21-5-2-1-3-6-21;23-18-4-1-3-17(15-18)22(16-24)8-6-19(7-9-22)25-10-12-26(13-11-25)21(27)20-5-2-14-28-20;22-18-3-1-2-17(14-18)21(15-23)8-4-19(5-9-21)25-11-6-20(7-12-25)26-13-10-24-16-26;20-16-5-1-4-15(11-16)19(13-21)8-6-17(7-9-19)23-10-2-3-14(12-23)18(22)24/h1-8,19,24H,9-18,20,27H2;1-5,14-15,19H,6-13,16,24H2;1-3,10,13-14,16,19-20H,4-9,11-12,15,23H2;1,4-5,11,14,17H,2-3,6-10,12-13,21H2,(H2,22,24). The van der Waals surface area contributed by atoms with Crippen LogP contribution in [0, 0.1) is 5.92 Å². The highest BCUT2D eigenvalue weighted by Crippen LogP contribution is 2.46. The van der Waals surface area contributed by atoms with Crippen molar-refractivity contribution in [1.29, 1.82) is 0 Å². The fraction of sp³-hybridized carbons (Fsp3) is 0.552. The Morgan fingerprint density at radius 3 is 1.22 bits per heavy atom. The number of hydrogen-bond acceptors (Lipinski definition) is 13. The van der Waals surface area contributed by atoms with Gasteiger partial charge in [-0.1, -0.05) is 125 Å². The number of likely N-dealkylation sites (tertiary alicyclic amines) is 2. The minimum atomic E-state index is -0.147. The Morgan fingerprint density at radius 1 is 0.439 bits per heavy atom. The molecule has 1 unspecified atom stereocenters. The Morgan fingerprint density at radius 2 is 0.850 bits per heavy atom. The van der Waals surface area contributed by atoms with Crippen LogP contribution in [0.5, 0.6) is 0 Å². The maximum Gasteiger partial charge on any atom is 0.289 e. The topological polar surface area (TPSA) is 215 Å². The molecule has 6 heterocycles. The number of primary amides is 1. The summed E-state index contributed by atoms with van der Waals surface area (Å²) in [4.78, 5) is 43.2. The van der Waals surface area contributed by atoms with Gasteiger partial charge in [0.05, 0.1) is 18.5 Å². The van der Waals surface area contributed by atoms with Gasteiger partial charge >= 0.3 is 0 Å². The van der Waals surface area contributed by atoms with Crippen LogP contribution in [0.3, 0.4) is 0 Å². The van der Waals surface area contributed by atoms with Gasteiger partial charge in [-0.05, 0) is 230 Å². The minimum absolute atomic E-state index is 0.00333. The highest BCUT2D eigenvalue weighted by Gasteiger charge is 2.43. The lowest BCUT2D eigenvalue weighted by atomic mass is 9.68. The van der Waals surface area contributed by atoms with E-state index in [1.807, 2.05) is 53.8 Å². The number of piperazine rings is 2. The lowest BCUT2D eigenvalue weighted by Crippen LogP contribution is -2.54. The van der Waals surface area contributed by atoms with Crippen molar-refractivity contribution >= 4 is 58.2 Å². The molecule has 4 aliphatic carbocycles. The summed E-state index contributed by atoms with van der Waals surface area (Å²) in [6.07, 6.45) is 31.6. The van der Waals surface area contributed by atoms with Gasteiger partial charge in [-0.2, -0.15) is 0 Å². The molecular weight excluding hydrogens is 1420 g/mol. The molecule has 1 atom stereocenters. The number of rotatable bonds is 18. The molecule has 4 saturated carbocycles. The van der Waals surface area contributed by atoms with Crippen molar-refractivity contribution < 1.29 is 14.0 Å². The van der Waals surface area contributed by atoms with E-state index in [1.54, 1.807) is 18.4 Å². The van der Waals surface area contributed by atoms with Gasteiger partial charge in [0.25, 0.3) is 5.91 Å². The van der Waals surface area contributed by atoms with Gasteiger partial charge in [0.15, 0.2) is 5.76 Å². The highest BCUT2D eigenvalue weighted by molar-refractivity contribution is 6.31. The third-order valence-corrected chi connectivity index (χ3v) is 27.6. The summed E-state index contributed by atoms with van der Waals surface area (Å²) in [7, 11) is 0. The van der Waals surface area contributed by atoms with Crippen molar-refractivity contribution in [3.63, 3.8) is 0 Å². The second kappa shape index (κ2) is 38.5. The van der Waals surface area contributed by atoms with E-state index in [0.29, 0.717) is 62.1 Å². The molecule has 2 aromatic heterocycles. The number of furan rings is 1. The molecule has 10 N–H and O–H groups in total. The summed E-state index contributed by atoms with van der Waals surface area (Å²) in [5.74, 6) is 0.301. The zero-order valence-electron chi connectivity index (χ0n) is 63.1. The van der Waals surface area contributed by atoms with Gasteiger partial charge in [0.2, 0.25) is 5.91 Å². The number of imidazole rings is 1. The first-order valence-electron chi connectivity index (χ1n) is 40.2. The first-order chi connectivity index (χ1) is 52.0. The van der Waals surface area contributed by atoms with E-state index < -0.39 is 0 Å². The Balaban J connectivity index is 0.000000134. The highest BCUT2D eigenvalue weighted by atomic mass is 35.5. The van der Waals surface area contributed by atoms with E-state index in [0.717, 1.165) is 143 Å². The molecule has 4 aliphatic heterocycles. The smallest absolute Gasteiger partial charge is 0.289 e. The molecule has 0 spiro atoms. The van der Waals surface area contributed by atoms with E-state index in [9.17, 15) is 9.59 Å². The molecule has 107 heavy (non-hydrogen) atoms. The Labute approximate surface area is 657 Å². The van der Waals surface area contributed by atoms with Crippen LogP contribution < -0.4 is 28.7 Å². The van der Waals surface area contributed by atoms with Crippen LogP contribution in [0.1, 0.15) is 173 Å². The molecule has 8 fully saturated rings. The molecule has 4 saturated heterocycles. The van der Waals surface area contributed by atoms with Crippen molar-refractivity contribution in [1.82, 2.24) is 39.0 Å². The van der Waals surface area contributed by atoms with Crippen molar-refractivity contribution in [2.24, 2.45) is 34.6 Å². The second-order valence-corrected chi connectivity index (χ2v) is 34.1. The number of piperidine rings is 2. The van der Waals surface area contributed by atoms with Gasteiger partial charge in [-0.25, -0.2) is 4.98 Å². The molecule has 578 valence electrons. The Kier molecular flexibility index (Phi) is 29.1. The van der Waals surface area contributed by atoms with E-state index >= 15 is 0 Å². The molecule has 15 rings (SSSR count). The van der Waals surface area contributed by atoms with Crippen LogP contribution in [0.15, 0.2) is 169 Å². The lowest BCUT2D eigenvalue weighted by molar-refractivity contribution is -0.123. The number of benzene rings is 5. The number of nitrogens with two attached hydrogens (primary N) is 5. The summed E-state index contributed by atoms with van der Waals surface area (Å²) in [5, 5.41) is 3.20. The Hall–Kier alpha value is -5.67. The normalized spacial score (nSPS) is 28.1. The molecule has 0 bridgehead atoms. The molecule has 0 radical (unpaired) electrons. The van der Waals surface area contributed by atoms with Crippen LogP contribution in [0.2, 0.25) is 20.1 Å². The average molecular weight is 1540 g/mol. The molecular formula is C87H119Cl4N13O3. The first-order valence-corrected chi connectivity index (χ1v) is 41.7. The number of hydrogen-bond donors (Lipinski definition) is 5. The molecule has 7 aromatic rings. The SMILES string of the molecule is NCC1(c2cccc(Cl)c2)CCC(N2CCC(n3ccnc3)CC2)CC1.NCC1(c2cccc(Cl)c2)CCC(N2CCCC(C(N)=O)C2)CC1.NCC1(c2cccc(Cl)c2)CCC(N2CCN(C(=O)c3ccco3)CC2)CC1.NCC1(c2cccc(Cl)c2)CCC(N2CCN(CCc3ccccc3)CC2)CC1. The number of carbonyl (C=O) groups is 2. The third-order valence-electron chi connectivity index (χ3n) is 26.6. The van der Waals surface area contributed by atoms with Gasteiger partial charge in [0, 0.05) is 189 Å². The van der Waals surface area contributed by atoms with Crippen LogP contribution in [0.25, 0.3) is 0 Å². The predicted molar refractivity (Wildman–Crippen MR) is 438 cm³/mol. The van der Waals surface area contributed by atoms with E-state index in [1.165, 1.54) is 125 Å². The molecule has 5 aromatic carbocycles. The zero-order valence-corrected chi connectivity index (χ0v) is 66.1. The number of nitrogens with zero attached hydrogens (tertiary/aromatic N) is 8. The molecule has 2 amide bonds. The Bertz CT molecular complexity index is 3830. The van der Waals surface area contributed by atoms with E-state index in [4.69, 9.17) is 79.5 Å². The average Bonchev–Trinajstić information content (AvgIpc) is 1.54. The van der Waals surface area contributed by atoms with E-state index in [2.05, 4.69) is 131 Å². The summed E-state index contributed by atoms with van der Waals surface area (Å²) >= 11 is 24.9. The fourth-order valence-corrected chi connectivity index (χ4v) is 20.3. The monoisotopic (exact) mass is 1530 g/mol. The van der Waals surface area contributed by atoms with E-state index in [-0.39, 0.29) is 39.4 Å². The van der Waals surface area contributed by atoms with Gasteiger partial charge < -0.3 is 52.4 Å². The second-order valence-electron chi connectivity index (χ2n) is 32.3. The number of halogens is 4. The van der Waals surface area contributed by atoms with Crippen LogP contribution in [-0.4, -0.2) is 186 Å². The van der Waals surface area contributed by atoms with Crippen molar-refractivity contribution in [3.8, 4) is 0 Å². The molecule has 8 aliphatic rings. The fourth-order valence-electron chi connectivity index (χ4n) is 19.5. The van der Waals surface area contributed by atoms with Gasteiger partial charge in [-0.15, -0.1) is 0 Å². The summed E-state index contributed by atoms with van der Waals surface area (Å²) in [5.41, 5.74) is 37.4. The summed E-state index contributed by atoms with van der Waals surface area (Å²) < 4.78 is 7.53.